The molecule has 4 heteroatoms. The summed E-state index contributed by atoms with van der Waals surface area (Å²) in [6.45, 7) is 35.1. The van der Waals surface area contributed by atoms with E-state index in [-0.39, 0.29) is 33.7 Å². The first kappa shape index (κ1) is 46.6. The highest BCUT2D eigenvalue weighted by Gasteiger charge is 2.58. The summed E-state index contributed by atoms with van der Waals surface area (Å²) in [6, 6.07) is 10.3. The van der Waals surface area contributed by atoms with E-state index in [0.717, 1.165) is 25.7 Å². The maximum atomic E-state index is 14.3. The summed E-state index contributed by atoms with van der Waals surface area (Å²) in [5, 5.41) is 2.69. The highest BCUT2D eigenvalue weighted by atomic mass is 16.1. The Labute approximate surface area is 292 Å². The van der Waals surface area contributed by atoms with Crippen LogP contribution in [0.1, 0.15) is 147 Å². The first-order valence-corrected chi connectivity index (χ1v) is 18.2. The first-order chi connectivity index (χ1) is 21.6. The molecule has 270 valence electrons. The van der Waals surface area contributed by atoms with Crippen molar-refractivity contribution in [1.29, 1.82) is 0 Å². The van der Waals surface area contributed by atoms with Gasteiger partial charge in [0.05, 0.1) is 0 Å². The lowest BCUT2D eigenvalue weighted by Gasteiger charge is -2.57. The first-order valence-electron chi connectivity index (χ1n) is 18.2. The van der Waals surface area contributed by atoms with Crippen LogP contribution in [-0.2, 0) is 14.4 Å². The topological polar surface area (TPSA) is 63.2 Å². The maximum Gasteiger partial charge on any atom is 0.146 e. The molecule has 2 saturated carbocycles. The third kappa shape index (κ3) is 14.7. The lowest BCUT2D eigenvalue weighted by atomic mass is 9.46. The molecule has 5 unspecified atom stereocenters. The molecule has 2 aliphatic carbocycles. The van der Waals surface area contributed by atoms with Gasteiger partial charge in [-0.3, -0.25) is 9.59 Å². The molecule has 0 amide bonds. The number of Topliss-reactive ketones (excluding diaryl/α,β-unsaturated/α-hetero) is 3. The Bertz CT molecular complexity index is 1110. The summed E-state index contributed by atoms with van der Waals surface area (Å²) in [4.78, 5) is 36.0. The van der Waals surface area contributed by atoms with Gasteiger partial charge in [0.25, 0.3) is 0 Å². The minimum absolute atomic E-state index is 0.0667. The van der Waals surface area contributed by atoms with Gasteiger partial charge in [-0.2, -0.15) is 0 Å². The molecular weight excluding hydrogens is 578 g/mol. The smallest absolute Gasteiger partial charge is 0.146 e. The largest absolute Gasteiger partial charge is 0.394 e. The fourth-order valence-electron chi connectivity index (χ4n) is 7.03. The Hall–Kier alpha value is -2.49. The predicted molar refractivity (Wildman–Crippen MR) is 205 cm³/mol. The molecular formula is C43H75NO3. The molecule has 0 bridgehead atoms. The van der Waals surface area contributed by atoms with Gasteiger partial charge in [0, 0.05) is 24.8 Å². The van der Waals surface area contributed by atoms with Crippen molar-refractivity contribution in [3.8, 4) is 0 Å². The SMILES string of the molecule is C=CNC.CC(C)=O.CC/C(C)=C1/C(CC(C)=O)C(=O)C2(C)C(C)CC(C)CC2CC(C)(C)C1(C)C.CCCC.Cc1ccccc1. The number of ketones is 3. The van der Waals surface area contributed by atoms with Gasteiger partial charge in [-0.25, -0.2) is 0 Å². The van der Waals surface area contributed by atoms with Crippen LogP contribution in [0.4, 0.5) is 0 Å². The van der Waals surface area contributed by atoms with Gasteiger partial charge in [-0.05, 0) is 95.1 Å². The zero-order valence-corrected chi connectivity index (χ0v) is 33.7. The number of carbonyl (C=O) groups is 3. The molecule has 2 aliphatic rings. The minimum atomic E-state index is -0.334. The molecule has 0 aromatic heterocycles. The van der Waals surface area contributed by atoms with Gasteiger partial charge in [0.15, 0.2) is 0 Å². The number of aryl methyl sites for hydroxylation is 1. The third-order valence-corrected chi connectivity index (χ3v) is 10.8. The number of rotatable bonds is 5. The molecule has 47 heavy (non-hydrogen) atoms. The van der Waals surface area contributed by atoms with Crippen LogP contribution in [0.15, 0.2) is 54.3 Å². The van der Waals surface area contributed by atoms with Crippen LogP contribution in [-0.4, -0.2) is 24.4 Å². The zero-order valence-electron chi connectivity index (χ0n) is 33.7. The number of carbonyl (C=O) groups excluding carboxylic acids is 3. The predicted octanol–water partition coefficient (Wildman–Crippen LogP) is 11.8. The minimum Gasteiger partial charge on any atom is -0.394 e. The normalized spacial score (nSPS) is 26.5. The van der Waals surface area contributed by atoms with Crippen molar-refractivity contribution in [1.82, 2.24) is 5.32 Å². The van der Waals surface area contributed by atoms with E-state index >= 15 is 0 Å². The van der Waals surface area contributed by atoms with E-state index < -0.39 is 0 Å². The third-order valence-electron chi connectivity index (χ3n) is 10.8. The molecule has 1 aromatic rings. The van der Waals surface area contributed by atoms with E-state index in [2.05, 4.69) is 107 Å². The van der Waals surface area contributed by atoms with Gasteiger partial charge in [0.1, 0.15) is 17.3 Å². The second-order valence-electron chi connectivity index (χ2n) is 15.6. The fourth-order valence-corrected chi connectivity index (χ4v) is 7.03. The molecule has 0 heterocycles. The summed E-state index contributed by atoms with van der Waals surface area (Å²) in [6.07, 6.45) is 8.87. The van der Waals surface area contributed by atoms with E-state index in [9.17, 15) is 14.4 Å². The molecule has 1 N–H and O–H groups in total. The van der Waals surface area contributed by atoms with Gasteiger partial charge in [-0.1, -0.05) is 136 Å². The van der Waals surface area contributed by atoms with E-state index in [4.69, 9.17) is 0 Å². The van der Waals surface area contributed by atoms with Crippen LogP contribution in [0.3, 0.4) is 0 Å². The van der Waals surface area contributed by atoms with Crippen molar-refractivity contribution in [2.45, 2.75) is 149 Å². The molecule has 3 rings (SSSR count). The van der Waals surface area contributed by atoms with Gasteiger partial charge < -0.3 is 10.1 Å². The van der Waals surface area contributed by atoms with E-state index in [0.29, 0.717) is 30.0 Å². The van der Waals surface area contributed by atoms with Crippen molar-refractivity contribution in [3.05, 3.63) is 59.8 Å². The molecule has 0 radical (unpaired) electrons. The summed E-state index contributed by atoms with van der Waals surface area (Å²) in [5.41, 5.74) is 3.50. The summed E-state index contributed by atoms with van der Waals surface area (Å²) in [7, 11) is 1.81. The van der Waals surface area contributed by atoms with Crippen LogP contribution in [0, 0.1) is 46.8 Å². The molecule has 4 nitrogen and oxygen atoms in total. The number of fused-ring (bicyclic) bond motifs is 1. The summed E-state index contributed by atoms with van der Waals surface area (Å²) >= 11 is 0. The van der Waals surface area contributed by atoms with Crippen LogP contribution in [0.25, 0.3) is 0 Å². The molecule has 0 spiro atoms. The maximum absolute atomic E-state index is 14.3. The van der Waals surface area contributed by atoms with Crippen molar-refractivity contribution in [2.75, 3.05) is 7.05 Å². The van der Waals surface area contributed by atoms with Crippen molar-refractivity contribution in [2.24, 2.45) is 39.9 Å². The average molecular weight is 654 g/mol. The molecule has 0 aliphatic heterocycles. The number of nitrogens with one attached hydrogen (secondary N) is 1. The quantitative estimate of drug-likeness (QED) is 0.321. The number of benzene rings is 1. The number of allylic oxidation sites excluding steroid dienone is 2. The van der Waals surface area contributed by atoms with Crippen LogP contribution in [0.5, 0.6) is 0 Å². The number of hydrogen-bond acceptors (Lipinski definition) is 4. The Balaban J connectivity index is 0. The van der Waals surface area contributed by atoms with Gasteiger partial charge in [-0.15, -0.1) is 0 Å². The zero-order chi connectivity index (χ0) is 37.2. The van der Waals surface area contributed by atoms with Gasteiger partial charge >= 0.3 is 0 Å². The van der Waals surface area contributed by atoms with Crippen LogP contribution < -0.4 is 5.32 Å². The number of hydrogen-bond donors (Lipinski definition) is 1. The second kappa shape index (κ2) is 22.2. The Morgan fingerprint density at radius 3 is 1.72 bits per heavy atom. The molecule has 1 aromatic carbocycles. The van der Waals surface area contributed by atoms with Crippen molar-refractivity contribution < 1.29 is 14.4 Å². The monoisotopic (exact) mass is 654 g/mol. The van der Waals surface area contributed by atoms with E-state index in [1.165, 1.54) is 43.4 Å². The standard InChI is InChI=1S/C26H44O2.C7H8.C4H10.C3H7N.C3H6O/c1-11-17(3)22-21(14-19(5)27)23(28)26(10)18(4)12-16(2)13-20(26)15-24(6,7)25(22,8)9;1-7-5-3-2-4-6-7;2*1-3-4-2;1-3(2)4/h16,18,20-21H,11-15H2,1-10H3;2-6H,1H3;3-4H2,1-2H3;3-4H,1H2,2H3;1-2H3/b22-17-;;;;. The van der Waals surface area contributed by atoms with Crippen molar-refractivity contribution >= 4 is 17.3 Å². The van der Waals surface area contributed by atoms with Crippen molar-refractivity contribution in [3.63, 3.8) is 0 Å². The molecule has 2 fully saturated rings. The van der Waals surface area contributed by atoms with Crippen LogP contribution in [0.2, 0.25) is 0 Å². The van der Waals surface area contributed by atoms with Crippen LogP contribution >= 0.6 is 0 Å². The summed E-state index contributed by atoms with van der Waals surface area (Å²) in [5.74, 6) is 1.80. The molecule has 0 saturated heterocycles. The highest BCUT2D eigenvalue weighted by molar-refractivity contribution is 5.94. The Morgan fingerprint density at radius 1 is 0.915 bits per heavy atom. The summed E-state index contributed by atoms with van der Waals surface area (Å²) < 4.78 is 0. The highest BCUT2D eigenvalue weighted by Crippen LogP contribution is 2.61. The lowest BCUT2D eigenvalue weighted by Crippen LogP contribution is -2.55. The lowest BCUT2D eigenvalue weighted by molar-refractivity contribution is -0.148. The Morgan fingerprint density at radius 2 is 1.38 bits per heavy atom. The van der Waals surface area contributed by atoms with Gasteiger partial charge in [0.2, 0.25) is 0 Å². The average Bonchev–Trinajstić information content (AvgIpc) is 2.98. The molecule has 5 atom stereocenters. The fraction of sp³-hybridized carbons (Fsp3) is 0.698. The number of unbranched alkanes of at least 4 members (excludes halogenated alkanes) is 1. The second-order valence-corrected chi connectivity index (χ2v) is 15.6. The van der Waals surface area contributed by atoms with E-state index in [1.807, 2.05) is 25.2 Å². The Kier molecular flexibility index (Phi) is 22.0. The van der Waals surface area contributed by atoms with E-state index in [1.54, 1.807) is 13.1 Å².